The van der Waals surface area contributed by atoms with Crippen molar-refractivity contribution in [3.05, 3.63) is 0 Å². The molecule has 6 heteroatoms. The first-order valence-electron chi connectivity index (χ1n) is 17.6. The van der Waals surface area contributed by atoms with E-state index in [-0.39, 0.29) is 23.7 Å². The summed E-state index contributed by atoms with van der Waals surface area (Å²) in [6.07, 6.45) is 26.3. The second kappa shape index (κ2) is 14.8. The van der Waals surface area contributed by atoms with Gasteiger partial charge in [-0.3, -0.25) is 20.0 Å². The molecule has 0 aromatic rings. The highest BCUT2D eigenvalue weighted by molar-refractivity contribution is 5.80. The Morgan fingerprint density at radius 2 is 0.625 bits per heavy atom. The van der Waals surface area contributed by atoms with Crippen LogP contribution in [0.25, 0.3) is 0 Å². The smallest absolute Gasteiger partial charge is 0.249 e. The minimum absolute atomic E-state index is 0.117. The van der Waals surface area contributed by atoms with E-state index in [9.17, 15) is 20.0 Å². The molecular weight excluding hydrogens is 500 g/mol. The topological polar surface area (TPSA) is 81.1 Å². The van der Waals surface area contributed by atoms with Crippen LogP contribution in [0.5, 0.6) is 0 Å². The average molecular weight is 559 g/mol. The lowest BCUT2D eigenvalue weighted by Gasteiger charge is -2.45. The van der Waals surface area contributed by atoms with E-state index in [1.54, 1.807) is 0 Å². The number of rotatable bonds is 8. The lowest BCUT2D eigenvalue weighted by atomic mass is 9.68. The van der Waals surface area contributed by atoms with Crippen molar-refractivity contribution in [2.75, 3.05) is 0 Å². The molecule has 2 atom stereocenters. The third-order valence-corrected chi connectivity index (χ3v) is 12.0. The second-order valence-electron chi connectivity index (χ2n) is 14.4. The van der Waals surface area contributed by atoms with Crippen LogP contribution in [0.15, 0.2) is 0 Å². The lowest BCUT2D eigenvalue weighted by molar-refractivity contribution is -0.221. The molecule has 5 aliphatic rings. The van der Waals surface area contributed by atoms with E-state index in [2.05, 4.69) is 0 Å². The van der Waals surface area contributed by atoms with E-state index >= 15 is 0 Å². The second-order valence-corrected chi connectivity index (χ2v) is 14.4. The summed E-state index contributed by atoms with van der Waals surface area (Å²) in [6.45, 7) is 0. The van der Waals surface area contributed by atoms with Crippen molar-refractivity contribution in [3.63, 3.8) is 0 Å². The third kappa shape index (κ3) is 7.07. The summed E-state index contributed by atoms with van der Waals surface area (Å²) in [5.41, 5.74) is 0. The molecule has 0 saturated heterocycles. The summed E-state index contributed by atoms with van der Waals surface area (Å²) in [6, 6.07) is -1.02. The Morgan fingerprint density at radius 1 is 0.400 bits per heavy atom. The third-order valence-electron chi connectivity index (χ3n) is 12.0. The van der Waals surface area contributed by atoms with Crippen LogP contribution in [0.1, 0.15) is 154 Å². The molecule has 0 aromatic heterocycles. The molecule has 6 nitrogen and oxygen atoms in total. The van der Waals surface area contributed by atoms with Gasteiger partial charge in [0.1, 0.15) is 0 Å². The van der Waals surface area contributed by atoms with Gasteiger partial charge in [0.15, 0.2) is 0 Å². The van der Waals surface area contributed by atoms with Crippen molar-refractivity contribution in [2.45, 2.75) is 166 Å². The first-order valence-corrected chi connectivity index (χ1v) is 17.6. The van der Waals surface area contributed by atoms with Gasteiger partial charge in [0.25, 0.3) is 0 Å². The standard InChI is InChI=1S/C34H58N2O4/c37-33(31(25-15-5-1-6-16-25)26-17-7-2-8-18-26)35(39)29-23-13-14-24-30(29)36(40)34(38)32(27-19-9-3-10-20-27)28-21-11-4-12-22-28/h25-32,39-40H,1-24H2. The number of amides is 2. The Labute approximate surface area is 243 Å². The minimum atomic E-state index is -0.511. The van der Waals surface area contributed by atoms with Crippen LogP contribution in [0.4, 0.5) is 0 Å². The van der Waals surface area contributed by atoms with E-state index in [1.165, 1.54) is 77.0 Å². The van der Waals surface area contributed by atoms with Crippen LogP contribution in [-0.2, 0) is 9.59 Å². The van der Waals surface area contributed by atoms with Crippen molar-refractivity contribution in [1.29, 1.82) is 0 Å². The monoisotopic (exact) mass is 558 g/mol. The van der Waals surface area contributed by atoms with Crippen molar-refractivity contribution < 1.29 is 20.0 Å². The summed E-state index contributed by atoms with van der Waals surface area (Å²) in [5.74, 6) is 0.955. The fourth-order valence-corrected chi connectivity index (χ4v) is 9.84. The first kappa shape index (κ1) is 30.3. The maximum Gasteiger partial charge on any atom is 0.249 e. The van der Waals surface area contributed by atoms with E-state index in [1.807, 2.05) is 0 Å². The molecule has 0 aromatic carbocycles. The Kier molecular flexibility index (Phi) is 11.3. The van der Waals surface area contributed by atoms with Gasteiger partial charge in [-0.25, -0.2) is 10.1 Å². The summed E-state index contributed by atoms with van der Waals surface area (Å²) < 4.78 is 0. The fraction of sp³-hybridized carbons (Fsp3) is 0.941. The molecule has 5 fully saturated rings. The Bertz CT molecular complexity index is 694. The Hall–Kier alpha value is -1.14. The number of hydrogen-bond acceptors (Lipinski definition) is 4. The van der Waals surface area contributed by atoms with Gasteiger partial charge in [-0.2, -0.15) is 0 Å². The van der Waals surface area contributed by atoms with Crippen molar-refractivity contribution >= 4 is 11.8 Å². The SMILES string of the molecule is O=C(C(C1CCCCC1)C1CCCCC1)N(O)C1CCCCC1N(O)C(=O)C(C1CCCCC1)C1CCCCC1. The lowest BCUT2D eigenvalue weighted by Crippen LogP contribution is -2.58. The highest BCUT2D eigenvalue weighted by Gasteiger charge is 2.46. The summed E-state index contributed by atoms with van der Waals surface area (Å²) >= 11 is 0. The molecule has 2 amide bonds. The normalized spacial score (nSPS) is 28.6. The van der Waals surface area contributed by atoms with E-state index < -0.39 is 12.1 Å². The highest BCUT2D eigenvalue weighted by atomic mass is 16.5. The average Bonchev–Trinajstić information content (AvgIpc) is 3.02. The number of hydroxylamine groups is 4. The van der Waals surface area contributed by atoms with Gasteiger partial charge in [0.05, 0.1) is 12.1 Å². The molecule has 2 unspecified atom stereocenters. The van der Waals surface area contributed by atoms with Crippen LogP contribution in [0, 0.1) is 35.5 Å². The minimum Gasteiger partial charge on any atom is -0.286 e. The predicted octanol–water partition coefficient (Wildman–Crippen LogP) is 8.29. The van der Waals surface area contributed by atoms with E-state index in [0.717, 1.165) is 74.3 Å². The van der Waals surface area contributed by atoms with Crippen molar-refractivity contribution in [2.24, 2.45) is 35.5 Å². The van der Waals surface area contributed by atoms with Gasteiger partial charge in [-0.15, -0.1) is 0 Å². The number of carbonyl (C=O) groups is 2. The van der Waals surface area contributed by atoms with Gasteiger partial charge in [-0.1, -0.05) is 89.9 Å². The molecule has 5 aliphatic carbocycles. The molecule has 40 heavy (non-hydrogen) atoms. The largest absolute Gasteiger partial charge is 0.286 e. The van der Waals surface area contributed by atoms with Gasteiger partial charge < -0.3 is 0 Å². The molecular formula is C34H58N2O4. The maximum absolute atomic E-state index is 14.2. The maximum atomic E-state index is 14.2. The zero-order chi connectivity index (χ0) is 27.9. The van der Waals surface area contributed by atoms with Crippen LogP contribution < -0.4 is 0 Å². The zero-order valence-electron chi connectivity index (χ0n) is 25.2. The van der Waals surface area contributed by atoms with Crippen molar-refractivity contribution in [3.8, 4) is 0 Å². The molecule has 5 saturated carbocycles. The van der Waals surface area contributed by atoms with E-state index in [4.69, 9.17) is 0 Å². The number of nitrogens with zero attached hydrogens (tertiary/aromatic N) is 2. The van der Waals surface area contributed by atoms with Crippen LogP contribution >= 0.6 is 0 Å². The molecule has 5 rings (SSSR count). The zero-order valence-corrected chi connectivity index (χ0v) is 25.2. The van der Waals surface area contributed by atoms with Gasteiger partial charge in [0.2, 0.25) is 11.8 Å². The van der Waals surface area contributed by atoms with Gasteiger partial charge in [0, 0.05) is 11.8 Å². The number of hydrogen-bond donors (Lipinski definition) is 2. The Balaban J connectivity index is 1.33. The quantitative estimate of drug-likeness (QED) is 0.232. The van der Waals surface area contributed by atoms with Crippen LogP contribution in [0.3, 0.4) is 0 Å². The van der Waals surface area contributed by atoms with E-state index in [0.29, 0.717) is 36.5 Å². The highest BCUT2D eigenvalue weighted by Crippen LogP contribution is 2.44. The fourth-order valence-electron chi connectivity index (χ4n) is 9.84. The van der Waals surface area contributed by atoms with Crippen LogP contribution in [-0.4, -0.2) is 44.4 Å². The summed E-state index contributed by atoms with van der Waals surface area (Å²) in [7, 11) is 0. The van der Waals surface area contributed by atoms with Gasteiger partial charge in [-0.05, 0) is 87.9 Å². The summed E-state index contributed by atoms with van der Waals surface area (Å²) in [4.78, 5) is 28.4. The molecule has 0 aliphatic heterocycles. The predicted molar refractivity (Wildman–Crippen MR) is 157 cm³/mol. The molecule has 2 N–H and O–H groups in total. The number of carbonyl (C=O) groups excluding carboxylic acids is 2. The molecule has 0 bridgehead atoms. The van der Waals surface area contributed by atoms with Crippen molar-refractivity contribution in [1.82, 2.24) is 10.1 Å². The van der Waals surface area contributed by atoms with Crippen LogP contribution in [0.2, 0.25) is 0 Å². The molecule has 0 heterocycles. The summed E-state index contributed by atoms with van der Waals surface area (Å²) in [5, 5.41) is 25.4. The molecule has 228 valence electrons. The van der Waals surface area contributed by atoms with Gasteiger partial charge >= 0.3 is 0 Å². The molecule has 0 spiro atoms. The first-order chi connectivity index (χ1) is 19.6. The Morgan fingerprint density at radius 3 is 0.875 bits per heavy atom. The molecule has 0 radical (unpaired) electrons.